The van der Waals surface area contributed by atoms with Crippen LogP contribution in [0, 0.1) is 5.92 Å². The van der Waals surface area contributed by atoms with Gasteiger partial charge in [-0.25, -0.2) is 0 Å². The van der Waals surface area contributed by atoms with Crippen LogP contribution in [0.1, 0.15) is 37.2 Å². The summed E-state index contributed by atoms with van der Waals surface area (Å²) in [6.07, 6.45) is 3.39. The van der Waals surface area contributed by atoms with Crippen molar-refractivity contribution in [1.82, 2.24) is 0 Å². The van der Waals surface area contributed by atoms with Crippen LogP contribution in [-0.2, 0) is 4.79 Å². The van der Waals surface area contributed by atoms with Gasteiger partial charge >= 0.3 is 5.97 Å². The van der Waals surface area contributed by atoms with Crippen molar-refractivity contribution < 1.29 is 15.0 Å². The highest BCUT2D eigenvalue weighted by Gasteiger charge is 2.26. The second kappa shape index (κ2) is 4.56. The molecule has 3 heteroatoms. The fourth-order valence-corrected chi connectivity index (χ4v) is 2.42. The molecule has 1 aromatic carbocycles. The molecular weight excluding hydrogens is 204 g/mol. The van der Waals surface area contributed by atoms with Gasteiger partial charge in [0.25, 0.3) is 0 Å². The molecule has 2 rings (SSSR count). The number of phenols is 1. The van der Waals surface area contributed by atoms with E-state index >= 15 is 0 Å². The Hall–Kier alpha value is -1.51. The zero-order valence-corrected chi connectivity index (χ0v) is 9.10. The standard InChI is InChI=1S/C13H16O3/c14-12-7-5-10(6-8-12)9-1-3-11(4-2-9)13(15)16/h5-9,11,14H,1-4H2,(H,15,16). The molecule has 0 aromatic heterocycles. The van der Waals surface area contributed by atoms with E-state index in [1.165, 1.54) is 5.56 Å². The van der Waals surface area contributed by atoms with Gasteiger partial charge in [-0.3, -0.25) is 4.79 Å². The lowest BCUT2D eigenvalue weighted by Gasteiger charge is -2.26. The monoisotopic (exact) mass is 220 g/mol. The lowest BCUT2D eigenvalue weighted by Crippen LogP contribution is -2.20. The Kier molecular flexibility index (Phi) is 3.13. The maximum Gasteiger partial charge on any atom is 0.306 e. The molecule has 86 valence electrons. The zero-order chi connectivity index (χ0) is 11.5. The Balaban J connectivity index is 1.99. The van der Waals surface area contributed by atoms with Gasteiger partial charge in [0.2, 0.25) is 0 Å². The van der Waals surface area contributed by atoms with Gasteiger partial charge in [-0.1, -0.05) is 12.1 Å². The first-order chi connectivity index (χ1) is 7.66. The van der Waals surface area contributed by atoms with Crippen molar-refractivity contribution in [3.05, 3.63) is 29.8 Å². The summed E-state index contributed by atoms with van der Waals surface area (Å²) in [5.41, 5.74) is 1.21. The molecule has 0 aliphatic heterocycles. The minimum atomic E-state index is -0.663. The Bertz CT molecular complexity index is 361. The minimum absolute atomic E-state index is 0.159. The topological polar surface area (TPSA) is 57.5 Å². The van der Waals surface area contributed by atoms with Crippen LogP contribution >= 0.6 is 0 Å². The molecule has 0 spiro atoms. The summed E-state index contributed by atoms with van der Waals surface area (Å²) in [5.74, 6) is -0.0864. The number of rotatable bonds is 2. The molecule has 1 aliphatic rings. The van der Waals surface area contributed by atoms with Crippen molar-refractivity contribution in [1.29, 1.82) is 0 Å². The summed E-state index contributed by atoms with van der Waals surface area (Å²) in [4.78, 5) is 10.8. The Labute approximate surface area is 94.7 Å². The van der Waals surface area contributed by atoms with Crippen molar-refractivity contribution in [2.45, 2.75) is 31.6 Å². The van der Waals surface area contributed by atoms with E-state index in [2.05, 4.69) is 0 Å². The van der Waals surface area contributed by atoms with Crippen molar-refractivity contribution in [3.8, 4) is 5.75 Å². The molecule has 0 bridgehead atoms. The molecule has 2 N–H and O–H groups in total. The van der Waals surface area contributed by atoms with Gasteiger partial charge < -0.3 is 10.2 Å². The Morgan fingerprint density at radius 3 is 2.12 bits per heavy atom. The minimum Gasteiger partial charge on any atom is -0.508 e. The molecule has 1 aromatic rings. The van der Waals surface area contributed by atoms with E-state index in [1.54, 1.807) is 12.1 Å². The molecule has 1 saturated carbocycles. The van der Waals surface area contributed by atoms with E-state index in [0.717, 1.165) is 25.7 Å². The first-order valence-corrected chi connectivity index (χ1v) is 5.68. The van der Waals surface area contributed by atoms with E-state index in [4.69, 9.17) is 5.11 Å². The maximum atomic E-state index is 10.8. The Morgan fingerprint density at radius 1 is 1.06 bits per heavy atom. The molecule has 16 heavy (non-hydrogen) atoms. The number of hydrogen-bond acceptors (Lipinski definition) is 2. The van der Waals surface area contributed by atoms with Crippen molar-refractivity contribution in [2.75, 3.05) is 0 Å². The summed E-state index contributed by atoms with van der Waals surface area (Å²) in [5, 5.41) is 18.1. The van der Waals surface area contributed by atoms with Crippen LogP contribution in [0.25, 0.3) is 0 Å². The largest absolute Gasteiger partial charge is 0.508 e. The second-order valence-electron chi connectivity index (χ2n) is 4.48. The predicted molar refractivity (Wildman–Crippen MR) is 60.4 cm³/mol. The highest BCUT2D eigenvalue weighted by atomic mass is 16.4. The van der Waals surface area contributed by atoms with Crippen molar-refractivity contribution >= 4 is 5.97 Å². The van der Waals surface area contributed by atoms with Crippen molar-refractivity contribution in [3.63, 3.8) is 0 Å². The summed E-state index contributed by atoms with van der Waals surface area (Å²) in [6, 6.07) is 7.25. The molecule has 1 fully saturated rings. The SMILES string of the molecule is O=C(O)C1CCC(c2ccc(O)cc2)CC1. The van der Waals surface area contributed by atoms with Gasteiger partial charge in [0.15, 0.2) is 0 Å². The number of aliphatic carboxylic acids is 1. The van der Waals surface area contributed by atoms with Gasteiger partial charge in [-0.15, -0.1) is 0 Å². The van der Waals surface area contributed by atoms with Gasteiger partial charge in [-0.2, -0.15) is 0 Å². The van der Waals surface area contributed by atoms with E-state index < -0.39 is 5.97 Å². The first kappa shape index (κ1) is 11.0. The average Bonchev–Trinajstić information content (AvgIpc) is 2.30. The number of aromatic hydroxyl groups is 1. The summed E-state index contributed by atoms with van der Waals surface area (Å²) >= 11 is 0. The van der Waals surface area contributed by atoms with Crippen LogP contribution < -0.4 is 0 Å². The van der Waals surface area contributed by atoms with Gasteiger partial charge in [0, 0.05) is 0 Å². The molecule has 0 heterocycles. The Morgan fingerprint density at radius 2 is 1.62 bits per heavy atom. The predicted octanol–water partition coefficient (Wildman–Crippen LogP) is 2.75. The molecule has 0 radical (unpaired) electrons. The quantitative estimate of drug-likeness (QED) is 0.805. The van der Waals surface area contributed by atoms with Crippen LogP contribution in [0.15, 0.2) is 24.3 Å². The van der Waals surface area contributed by atoms with Crippen LogP contribution in [-0.4, -0.2) is 16.2 Å². The van der Waals surface area contributed by atoms with Crippen LogP contribution in [0.5, 0.6) is 5.75 Å². The molecule has 1 aliphatic carbocycles. The third kappa shape index (κ3) is 2.35. The third-order valence-electron chi connectivity index (χ3n) is 3.44. The zero-order valence-electron chi connectivity index (χ0n) is 9.10. The highest BCUT2D eigenvalue weighted by molar-refractivity contribution is 5.70. The summed E-state index contributed by atoms with van der Waals surface area (Å²) in [7, 11) is 0. The van der Waals surface area contributed by atoms with E-state index in [-0.39, 0.29) is 11.7 Å². The molecule has 3 nitrogen and oxygen atoms in total. The normalized spacial score (nSPS) is 25.2. The summed E-state index contributed by atoms with van der Waals surface area (Å²) in [6.45, 7) is 0. The van der Waals surface area contributed by atoms with Gasteiger partial charge in [-0.05, 0) is 49.3 Å². The lowest BCUT2D eigenvalue weighted by atomic mass is 9.79. The van der Waals surface area contributed by atoms with Gasteiger partial charge in [0.1, 0.15) is 5.75 Å². The van der Waals surface area contributed by atoms with Crippen LogP contribution in [0.2, 0.25) is 0 Å². The fraction of sp³-hybridized carbons (Fsp3) is 0.462. The molecule has 0 atom stereocenters. The summed E-state index contributed by atoms with van der Waals surface area (Å²) < 4.78 is 0. The maximum absolute atomic E-state index is 10.8. The molecule has 0 unspecified atom stereocenters. The number of phenolic OH excluding ortho intramolecular Hbond substituents is 1. The number of hydrogen-bond donors (Lipinski definition) is 2. The van der Waals surface area contributed by atoms with Crippen molar-refractivity contribution in [2.24, 2.45) is 5.92 Å². The van der Waals surface area contributed by atoms with Crippen LogP contribution in [0.4, 0.5) is 0 Å². The van der Waals surface area contributed by atoms with E-state index in [1.807, 2.05) is 12.1 Å². The van der Waals surface area contributed by atoms with Crippen LogP contribution in [0.3, 0.4) is 0 Å². The highest BCUT2D eigenvalue weighted by Crippen LogP contribution is 2.36. The number of carboxylic acids is 1. The van der Waals surface area contributed by atoms with E-state index in [9.17, 15) is 9.90 Å². The third-order valence-corrected chi connectivity index (χ3v) is 3.44. The smallest absolute Gasteiger partial charge is 0.306 e. The second-order valence-corrected chi connectivity index (χ2v) is 4.48. The number of carboxylic acid groups (broad SMARTS) is 1. The molecule has 0 amide bonds. The van der Waals surface area contributed by atoms with E-state index in [0.29, 0.717) is 5.92 Å². The molecule has 0 saturated heterocycles. The van der Waals surface area contributed by atoms with Gasteiger partial charge in [0.05, 0.1) is 5.92 Å². The lowest BCUT2D eigenvalue weighted by molar-refractivity contribution is -0.142. The fourth-order valence-electron chi connectivity index (χ4n) is 2.42. The number of benzene rings is 1. The average molecular weight is 220 g/mol. The first-order valence-electron chi connectivity index (χ1n) is 5.68. The molecular formula is C13H16O3. The number of carbonyl (C=O) groups is 1.